The minimum Gasteiger partial charge on any atom is -0.399 e. The third-order valence-corrected chi connectivity index (χ3v) is 4.72. The van der Waals surface area contributed by atoms with Gasteiger partial charge in [-0.25, -0.2) is 17.6 Å². The molecule has 3 aromatic rings. The van der Waals surface area contributed by atoms with E-state index in [9.17, 15) is 22.4 Å². The highest BCUT2D eigenvalue weighted by atomic mass is 35.5. The van der Waals surface area contributed by atoms with Gasteiger partial charge in [0.2, 0.25) is 0 Å². The predicted molar refractivity (Wildman–Crippen MR) is 108 cm³/mol. The Morgan fingerprint density at radius 3 is 2.52 bits per heavy atom. The molecule has 1 amide bonds. The number of anilines is 1. The van der Waals surface area contributed by atoms with Crippen LogP contribution in [0.4, 0.5) is 23.2 Å². The number of halogens is 5. The maximum absolute atomic E-state index is 14.4. The Morgan fingerprint density at radius 1 is 1.26 bits per heavy atom. The third kappa shape index (κ3) is 4.53. The molecule has 0 bridgehead atoms. The van der Waals surface area contributed by atoms with Crippen molar-refractivity contribution in [3.63, 3.8) is 0 Å². The summed E-state index contributed by atoms with van der Waals surface area (Å²) in [5.74, 6) is -2.76. The first-order chi connectivity index (χ1) is 14.7. The summed E-state index contributed by atoms with van der Waals surface area (Å²) in [5.41, 5.74) is -1.19. The fourth-order valence-corrected chi connectivity index (χ4v) is 3.10. The van der Waals surface area contributed by atoms with Crippen molar-refractivity contribution in [1.82, 2.24) is 9.78 Å². The number of benzene rings is 2. The van der Waals surface area contributed by atoms with Crippen molar-refractivity contribution < 1.29 is 27.2 Å². The number of alkyl halides is 2. The number of aryl methyl sites for hydroxylation is 1. The lowest BCUT2D eigenvalue weighted by molar-refractivity contribution is 0.101. The Hall–Kier alpha value is -3.40. The molecule has 0 aliphatic carbocycles. The normalized spacial score (nSPS) is 11.4. The Labute approximate surface area is 179 Å². The van der Waals surface area contributed by atoms with E-state index in [0.29, 0.717) is 0 Å². The van der Waals surface area contributed by atoms with Crippen LogP contribution in [0.1, 0.15) is 28.0 Å². The molecule has 2 aromatic carbocycles. The van der Waals surface area contributed by atoms with Crippen LogP contribution < -0.4 is 5.32 Å². The zero-order valence-electron chi connectivity index (χ0n) is 16.2. The molecule has 0 unspecified atom stereocenters. The largest absolute Gasteiger partial charge is 0.399 e. The van der Waals surface area contributed by atoms with Crippen LogP contribution in [-0.2, 0) is 11.9 Å². The van der Waals surface area contributed by atoms with Gasteiger partial charge in [-0.3, -0.25) is 9.48 Å². The molecule has 31 heavy (non-hydrogen) atoms. The van der Waals surface area contributed by atoms with E-state index in [1.54, 1.807) is 12.1 Å². The molecule has 11 heteroatoms. The van der Waals surface area contributed by atoms with Crippen LogP contribution in [0.3, 0.4) is 0 Å². The van der Waals surface area contributed by atoms with E-state index >= 15 is 0 Å². The standard InChI is InChI=1S/C20H15ClF4N4O2/c1-29-18(21)16(17(28-29)19(24)25)20(30)27-15-6-4-3-5-11(15)10-7-13(22)12(9-26-31-2)14(23)8-10/h3-9,19H,1-2H3,(H,27,30)/b26-9+. The van der Waals surface area contributed by atoms with Crippen LogP contribution in [0.5, 0.6) is 0 Å². The molecule has 0 saturated heterocycles. The maximum atomic E-state index is 14.4. The number of hydrogen-bond acceptors (Lipinski definition) is 4. The van der Waals surface area contributed by atoms with Crippen LogP contribution in [0.25, 0.3) is 11.1 Å². The van der Waals surface area contributed by atoms with Crippen LogP contribution in [-0.4, -0.2) is 29.0 Å². The summed E-state index contributed by atoms with van der Waals surface area (Å²) in [6, 6.07) is 8.20. The minimum absolute atomic E-state index is 0.104. The molecule has 0 saturated carbocycles. The lowest BCUT2D eigenvalue weighted by atomic mass is 10.0. The van der Waals surface area contributed by atoms with Crippen molar-refractivity contribution in [3.8, 4) is 11.1 Å². The van der Waals surface area contributed by atoms with E-state index in [0.717, 1.165) is 23.0 Å². The molecular weight excluding hydrogens is 440 g/mol. The zero-order valence-corrected chi connectivity index (χ0v) is 16.9. The van der Waals surface area contributed by atoms with Gasteiger partial charge in [0.15, 0.2) is 0 Å². The number of amides is 1. The van der Waals surface area contributed by atoms with Gasteiger partial charge in [-0.15, -0.1) is 0 Å². The Kier molecular flexibility index (Phi) is 6.59. The average Bonchev–Trinajstić information content (AvgIpc) is 3.02. The second kappa shape index (κ2) is 9.17. The molecule has 0 atom stereocenters. The molecule has 0 aliphatic rings. The van der Waals surface area contributed by atoms with E-state index in [2.05, 4.69) is 20.4 Å². The van der Waals surface area contributed by atoms with Gasteiger partial charge in [-0.1, -0.05) is 35.0 Å². The smallest absolute Gasteiger partial charge is 0.283 e. The number of oxime groups is 1. The van der Waals surface area contributed by atoms with E-state index in [1.807, 2.05) is 0 Å². The third-order valence-electron chi connectivity index (χ3n) is 4.29. The average molecular weight is 455 g/mol. The summed E-state index contributed by atoms with van der Waals surface area (Å²) in [4.78, 5) is 17.1. The van der Waals surface area contributed by atoms with Crippen molar-refractivity contribution in [3.05, 3.63) is 70.0 Å². The first-order valence-electron chi connectivity index (χ1n) is 8.71. The van der Waals surface area contributed by atoms with E-state index < -0.39 is 40.8 Å². The monoisotopic (exact) mass is 454 g/mol. The van der Waals surface area contributed by atoms with Crippen LogP contribution in [0, 0.1) is 11.6 Å². The first kappa shape index (κ1) is 22.3. The van der Waals surface area contributed by atoms with E-state index in [1.165, 1.54) is 26.3 Å². The number of nitrogens with zero attached hydrogens (tertiary/aromatic N) is 3. The van der Waals surface area contributed by atoms with Gasteiger partial charge in [0, 0.05) is 18.3 Å². The van der Waals surface area contributed by atoms with Crippen molar-refractivity contribution in [2.75, 3.05) is 12.4 Å². The molecule has 162 valence electrons. The number of para-hydroxylation sites is 1. The van der Waals surface area contributed by atoms with Crippen LogP contribution in [0.2, 0.25) is 5.15 Å². The summed E-state index contributed by atoms with van der Waals surface area (Å²) < 4.78 is 56.3. The molecule has 0 spiro atoms. The van der Waals surface area contributed by atoms with Gasteiger partial charge in [-0.05, 0) is 23.8 Å². The highest BCUT2D eigenvalue weighted by Crippen LogP contribution is 2.32. The fraction of sp³-hybridized carbons (Fsp3) is 0.150. The van der Waals surface area contributed by atoms with E-state index in [-0.39, 0.29) is 22.0 Å². The SMILES string of the molecule is CO/N=C/c1c(F)cc(-c2ccccc2NC(=O)c2c(C(F)F)nn(C)c2Cl)cc1F. The van der Waals surface area contributed by atoms with Gasteiger partial charge < -0.3 is 10.2 Å². The highest BCUT2D eigenvalue weighted by Gasteiger charge is 2.27. The van der Waals surface area contributed by atoms with Crippen molar-refractivity contribution in [2.24, 2.45) is 12.2 Å². The topological polar surface area (TPSA) is 68.5 Å². The number of aromatic nitrogens is 2. The first-order valence-corrected chi connectivity index (χ1v) is 9.09. The van der Waals surface area contributed by atoms with Crippen molar-refractivity contribution in [1.29, 1.82) is 0 Å². The van der Waals surface area contributed by atoms with Gasteiger partial charge >= 0.3 is 0 Å². The zero-order chi connectivity index (χ0) is 22.7. The van der Waals surface area contributed by atoms with Crippen molar-refractivity contribution >= 4 is 29.4 Å². The number of carbonyl (C=O) groups excluding carboxylic acids is 1. The Bertz CT molecular complexity index is 1140. The lowest BCUT2D eigenvalue weighted by Gasteiger charge is -2.13. The number of carbonyl (C=O) groups is 1. The molecule has 1 heterocycles. The molecular formula is C20H15ClF4N4O2. The van der Waals surface area contributed by atoms with Gasteiger partial charge in [0.05, 0.1) is 11.8 Å². The molecule has 6 nitrogen and oxygen atoms in total. The molecule has 1 N–H and O–H groups in total. The summed E-state index contributed by atoms with van der Waals surface area (Å²) >= 11 is 5.96. The maximum Gasteiger partial charge on any atom is 0.283 e. The lowest BCUT2D eigenvalue weighted by Crippen LogP contribution is -2.15. The second-order valence-electron chi connectivity index (χ2n) is 6.25. The molecule has 0 radical (unpaired) electrons. The quantitative estimate of drug-likeness (QED) is 0.316. The molecule has 0 aliphatic heterocycles. The van der Waals surface area contributed by atoms with Crippen LogP contribution >= 0.6 is 11.6 Å². The highest BCUT2D eigenvalue weighted by molar-refractivity contribution is 6.33. The van der Waals surface area contributed by atoms with Gasteiger partial charge in [0.1, 0.15) is 35.2 Å². The fourth-order valence-electron chi connectivity index (χ4n) is 2.88. The van der Waals surface area contributed by atoms with Gasteiger partial charge in [-0.2, -0.15) is 5.10 Å². The Morgan fingerprint density at radius 2 is 1.90 bits per heavy atom. The minimum atomic E-state index is -3.03. The summed E-state index contributed by atoms with van der Waals surface area (Å²) in [6.07, 6.45) is -2.14. The number of hydrogen-bond donors (Lipinski definition) is 1. The predicted octanol–water partition coefficient (Wildman–Crippen LogP) is 5.19. The summed E-state index contributed by atoms with van der Waals surface area (Å²) in [5, 5.41) is 9.10. The summed E-state index contributed by atoms with van der Waals surface area (Å²) in [7, 11) is 2.55. The van der Waals surface area contributed by atoms with Crippen molar-refractivity contribution in [2.45, 2.75) is 6.43 Å². The van der Waals surface area contributed by atoms with E-state index in [4.69, 9.17) is 11.6 Å². The Balaban J connectivity index is 2.01. The number of nitrogens with one attached hydrogen (secondary N) is 1. The number of rotatable bonds is 6. The van der Waals surface area contributed by atoms with Crippen LogP contribution in [0.15, 0.2) is 41.6 Å². The van der Waals surface area contributed by atoms with Gasteiger partial charge in [0.25, 0.3) is 12.3 Å². The molecule has 1 aromatic heterocycles. The molecule has 0 fully saturated rings. The molecule has 3 rings (SSSR count). The second-order valence-corrected chi connectivity index (χ2v) is 6.60. The summed E-state index contributed by atoms with van der Waals surface area (Å²) in [6.45, 7) is 0.